The van der Waals surface area contributed by atoms with E-state index in [2.05, 4.69) is 29.9 Å². The topological polar surface area (TPSA) is 43.0 Å². The summed E-state index contributed by atoms with van der Waals surface area (Å²) in [5, 5.41) is 0. The molecule has 0 N–H and O–H groups in total. The van der Waals surface area contributed by atoms with Gasteiger partial charge in [-0.3, -0.25) is 9.59 Å². The Morgan fingerprint density at radius 3 is 2.00 bits per heavy atom. The molecule has 0 aliphatic heterocycles. The number of imidazole rings is 1. The van der Waals surface area contributed by atoms with Gasteiger partial charge in [-0.05, 0) is 19.3 Å². The molecule has 0 bridgehead atoms. The van der Waals surface area contributed by atoms with Crippen molar-refractivity contribution in [2.24, 2.45) is 0 Å². The first-order valence-electron chi connectivity index (χ1n) is 11.4. The summed E-state index contributed by atoms with van der Waals surface area (Å²) in [5.74, 6) is 1.02. The van der Waals surface area contributed by atoms with Crippen LogP contribution >= 0.6 is 0 Å². The summed E-state index contributed by atoms with van der Waals surface area (Å²) in [4.78, 5) is 26.6. The molecule has 0 radical (unpaired) electrons. The van der Waals surface area contributed by atoms with Gasteiger partial charge >= 0.3 is 0 Å². The van der Waals surface area contributed by atoms with Crippen molar-refractivity contribution in [3.05, 3.63) is 52.6 Å². The second-order valence-electron chi connectivity index (χ2n) is 8.23. The average molecular weight is 475 g/mol. The van der Waals surface area contributed by atoms with E-state index < -0.39 is 0 Å². The van der Waals surface area contributed by atoms with Gasteiger partial charge < -0.3 is 17.0 Å². The molecule has 0 unspecified atom stereocenters. The Morgan fingerprint density at radius 2 is 1.37 bits per heavy atom. The van der Waals surface area contributed by atoms with E-state index in [4.69, 9.17) is 0 Å². The third kappa shape index (κ3) is 4.93. The van der Waals surface area contributed by atoms with E-state index in [-0.39, 0.29) is 28.5 Å². The molecule has 3 rings (SSSR count). The summed E-state index contributed by atoms with van der Waals surface area (Å²) in [7, 11) is 0. The smallest absolute Gasteiger partial charge is 0.254 e. The van der Waals surface area contributed by atoms with Crippen molar-refractivity contribution in [3.63, 3.8) is 0 Å². The van der Waals surface area contributed by atoms with Gasteiger partial charge in [-0.25, -0.2) is 9.13 Å². The second-order valence-corrected chi connectivity index (χ2v) is 8.23. The van der Waals surface area contributed by atoms with Crippen molar-refractivity contribution in [1.29, 1.82) is 0 Å². The maximum absolute atomic E-state index is 13.3. The van der Waals surface area contributed by atoms with Crippen LogP contribution in [0.25, 0.3) is 0 Å². The minimum atomic E-state index is -0.00674. The maximum Gasteiger partial charge on any atom is 0.254 e. The van der Waals surface area contributed by atoms with Crippen LogP contribution in [0, 0.1) is 6.92 Å². The van der Waals surface area contributed by atoms with E-state index in [1.165, 1.54) is 38.5 Å². The highest BCUT2D eigenvalue weighted by atomic mass is 79.9. The predicted molar refractivity (Wildman–Crippen MR) is 116 cm³/mol. The molecule has 1 heterocycles. The van der Waals surface area contributed by atoms with E-state index in [1.807, 2.05) is 12.1 Å². The van der Waals surface area contributed by atoms with E-state index in [9.17, 15) is 9.59 Å². The number of aromatic nitrogens is 2. The number of hydrogen-bond acceptors (Lipinski definition) is 2. The average Bonchev–Trinajstić information content (AvgIpc) is 3.01. The zero-order valence-electron chi connectivity index (χ0n) is 18.7. The summed E-state index contributed by atoms with van der Waals surface area (Å²) in [5.41, 5.74) is 2.30. The van der Waals surface area contributed by atoms with Crippen molar-refractivity contribution in [2.75, 3.05) is 0 Å². The Kier molecular flexibility index (Phi) is 9.47. The number of ketones is 2. The van der Waals surface area contributed by atoms with Crippen LogP contribution in [0.2, 0.25) is 0 Å². The zero-order valence-corrected chi connectivity index (χ0v) is 20.3. The number of rotatable bonds is 11. The molecule has 164 valence electrons. The molecule has 30 heavy (non-hydrogen) atoms. The van der Waals surface area contributed by atoms with Crippen molar-refractivity contribution in [3.8, 4) is 0 Å². The molecule has 1 aromatic heterocycles. The molecule has 0 fully saturated rings. The van der Waals surface area contributed by atoms with E-state index in [1.54, 1.807) is 12.1 Å². The number of carbonyl (C=O) groups excluding carboxylic acids is 2. The summed E-state index contributed by atoms with van der Waals surface area (Å²) in [6, 6.07) is 7.26. The third-order valence-corrected chi connectivity index (χ3v) is 6.11. The fraction of sp³-hybridized carbons (Fsp3) is 0.560. The van der Waals surface area contributed by atoms with Crippen LogP contribution in [0.1, 0.15) is 110 Å². The van der Waals surface area contributed by atoms with Gasteiger partial charge in [0.25, 0.3) is 5.82 Å². The van der Waals surface area contributed by atoms with Crippen LogP contribution in [-0.4, -0.2) is 16.1 Å². The van der Waals surface area contributed by atoms with Gasteiger partial charge in [-0.1, -0.05) is 76.6 Å². The van der Waals surface area contributed by atoms with Gasteiger partial charge in [0.2, 0.25) is 23.0 Å². The fourth-order valence-electron chi connectivity index (χ4n) is 4.41. The molecule has 4 nitrogen and oxygen atoms in total. The molecule has 0 saturated carbocycles. The number of hydrogen-bond donors (Lipinski definition) is 0. The maximum atomic E-state index is 13.3. The number of carbonyl (C=O) groups is 2. The molecule has 0 saturated heterocycles. The largest absolute Gasteiger partial charge is 1.00 e. The zero-order chi connectivity index (χ0) is 20.8. The first-order chi connectivity index (χ1) is 14.1. The summed E-state index contributed by atoms with van der Waals surface area (Å²) < 4.78 is 4.21. The lowest BCUT2D eigenvalue weighted by atomic mass is 9.90. The van der Waals surface area contributed by atoms with Crippen LogP contribution in [0.5, 0.6) is 0 Å². The number of unbranched alkanes of at least 4 members (excludes halogenated alkanes) is 7. The highest BCUT2D eigenvalue weighted by Gasteiger charge is 2.42. The van der Waals surface area contributed by atoms with Gasteiger partial charge in [0.15, 0.2) is 0 Å². The lowest BCUT2D eigenvalue weighted by Crippen LogP contribution is -3.00. The van der Waals surface area contributed by atoms with Crippen molar-refractivity contribution in [2.45, 2.75) is 91.6 Å². The molecular weight excluding hydrogens is 440 g/mol. The normalized spacial score (nSPS) is 12.5. The molecule has 2 aromatic rings. The van der Waals surface area contributed by atoms with Gasteiger partial charge in [-0.15, -0.1) is 0 Å². The van der Waals surface area contributed by atoms with Crippen LogP contribution in [0.15, 0.2) is 24.3 Å². The van der Waals surface area contributed by atoms with Crippen LogP contribution < -0.4 is 21.5 Å². The van der Waals surface area contributed by atoms with E-state index in [0.717, 1.165) is 38.2 Å². The number of fused-ring (bicyclic) bond motifs is 2. The number of halogens is 1. The lowest BCUT2D eigenvalue weighted by molar-refractivity contribution is -0.704. The molecule has 0 spiro atoms. The highest BCUT2D eigenvalue weighted by Crippen LogP contribution is 2.27. The monoisotopic (exact) mass is 474 g/mol. The van der Waals surface area contributed by atoms with E-state index in [0.29, 0.717) is 22.5 Å². The Labute approximate surface area is 191 Å². The molecule has 5 heteroatoms. The molecule has 1 aliphatic carbocycles. The van der Waals surface area contributed by atoms with Crippen LogP contribution in [0.4, 0.5) is 0 Å². The lowest BCUT2D eigenvalue weighted by Gasteiger charge is -2.13. The van der Waals surface area contributed by atoms with Gasteiger partial charge in [-0.2, -0.15) is 0 Å². The Morgan fingerprint density at radius 1 is 0.800 bits per heavy atom. The Hall–Kier alpha value is -1.75. The van der Waals surface area contributed by atoms with Gasteiger partial charge in [0, 0.05) is 18.1 Å². The van der Waals surface area contributed by atoms with E-state index >= 15 is 0 Å². The SMILES string of the molecule is CCCCCCCCC[n+]1c2c(n(CCCC)c1C)C(=O)c1ccccc1C2=O.[Br-]. The summed E-state index contributed by atoms with van der Waals surface area (Å²) in [6.07, 6.45) is 10.7. The second kappa shape index (κ2) is 11.6. The van der Waals surface area contributed by atoms with Crippen molar-refractivity contribution in [1.82, 2.24) is 4.57 Å². The Balaban J connectivity index is 0.00000320. The first-order valence-corrected chi connectivity index (χ1v) is 11.4. The summed E-state index contributed by atoms with van der Waals surface area (Å²) in [6.45, 7) is 8.04. The first kappa shape index (κ1) is 24.5. The highest BCUT2D eigenvalue weighted by molar-refractivity contribution is 6.26. The minimum absolute atomic E-state index is 0. The predicted octanol–water partition coefficient (Wildman–Crippen LogP) is 2.41. The summed E-state index contributed by atoms with van der Waals surface area (Å²) >= 11 is 0. The van der Waals surface area contributed by atoms with Crippen LogP contribution in [0.3, 0.4) is 0 Å². The Bertz CT molecular complexity index is 886. The molecule has 1 aromatic carbocycles. The minimum Gasteiger partial charge on any atom is -1.00 e. The number of benzene rings is 1. The van der Waals surface area contributed by atoms with Crippen molar-refractivity contribution >= 4 is 11.6 Å². The van der Waals surface area contributed by atoms with Gasteiger partial charge in [0.1, 0.15) is 0 Å². The fourth-order valence-corrected chi connectivity index (χ4v) is 4.41. The molecule has 1 aliphatic rings. The molecule has 0 amide bonds. The third-order valence-electron chi connectivity index (χ3n) is 6.11. The number of nitrogens with zero attached hydrogens (tertiary/aromatic N) is 2. The van der Waals surface area contributed by atoms with Gasteiger partial charge in [0.05, 0.1) is 13.1 Å². The standard InChI is InChI=1S/C25H35N2O2.BrH/c1-4-6-8-9-10-11-14-18-27-19(3)26(17-7-5-2)22-23(27)25(29)21-16-13-12-15-20(21)24(22)28;/h12-13,15-16H,4-11,14,17-18H2,1-3H3;1H/q+1;/p-1. The van der Waals surface area contributed by atoms with Crippen LogP contribution in [-0.2, 0) is 13.1 Å². The quantitative estimate of drug-likeness (QED) is 0.316. The molecular formula is C25H35BrN2O2. The molecule has 0 atom stereocenters. The van der Waals surface area contributed by atoms with Crippen molar-refractivity contribution < 1.29 is 31.1 Å².